The minimum absolute atomic E-state index is 0.00386. The predicted molar refractivity (Wildman–Crippen MR) is 138 cm³/mol. The van der Waals surface area contributed by atoms with Gasteiger partial charge >= 0.3 is 5.97 Å². The van der Waals surface area contributed by atoms with E-state index in [9.17, 15) is 39.3 Å². The van der Waals surface area contributed by atoms with Crippen LogP contribution in [0.1, 0.15) is 93.4 Å². The van der Waals surface area contributed by atoms with E-state index in [2.05, 4.69) is 0 Å². The van der Waals surface area contributed by atoms with Crippen molar-refractivity contribution >= 4 is 29.1 Å². The van der Waals surface area contributed by atoms with Crippen LogP contribution in [0.4, 0.5) is 0 Å². The van der Waals surface area contributed by atoms with Crippen LogP contribution in [-0.4, -0.2) is 56.1 Å². The highest BCUT2D eigenvalue weighted by Gasteiger charge is 2.71. The summed E-state index contributed by atoms with van der Waals surface area (Å²) < 4.78 is 0. The van der Waals surface area contributed by atoms with Gasteiger partial charge in [0.1, 0.15) is 11.6 Å². The van der Waals surface area contributed by atoms with Crippen LogP contribution in [0, 0.1) is 39.4 Å². The summed E-state index contributed by atoms with van der Waals surface area (Å²) in [6.45, 7) is 12.3. The van der Waals surface area contributed by atoms with Gasteiger partial charge in [-0.25, -0.2) is 0 Å². The van der Waals surface area contributed by atoms with E-state index in [4.69, 9.17) is 0 Å². The molecule has 4 aliphatic rings. The van der Waals surface area contributed by atoms with Crippen LogP contribution in [0.5, 0.6) is 0 Å². The Kier molecular flexibility index (Phi) is 6.56. The number of Topliss-reactive ketones (excluding diaryl/α,β-unsaturated/α-hetero) is 4. The van der Waals surface area contributed by atoms with E-state index < -0.39 is 57.0 Å². The first-order chi connectivity index (χ1) is 17.2. The molecular formula is C30H42O8. The van der Waals surface area contributed by atoms with Gasteiger partial charge in [0.05, 0.1) is 17.6 Å². The molecule has 3 N–H and O–H groups in total. The highest BCUT2D eigenvalue weighted by Crippen LogP contribution is 2.71. The van der Waals surface area contributed by atoms with Crippen molar-refractivity contribution in [3.63, 3.8) is 0 Å². The lowest BCUT2D eigenvalue weighted by molar-refractivity contribution is -0.150. The van der Waals surface area contributed by atoms with Gasteiger partial charge < -0.3 is 15.3 Å². The van der Waals surface area contributed by atoms with Crippen LogP contribution >= 0.6 is 0 Å². The van der Waals surface area contributed by atoms with Gasteiger partial charge in [0.15, 0.2) is 11.6 Å². The molecule has 0 unspecified atom stereocenters. The lowest BCUT2D eigenvalue weighted by Gasteiger charge is -2.59. The van der Waals surface area contributed by atoms with Crippen molar-refractivity contribution in [2.24, 2.45) is 39.4 Å². The number of fused-ring (bicyclic) bond motifs is 4. The zero-order chi connectivity index (χ0) is 28.8. The van der Waals surface area contributed by atoms with Gasteiger partial charge in [-0.05, 0) is 37.0 Å². The molecule has 0 aromatic heterocycles. The first kappa shape index (κ1) is 28.8. The number of hydrogen-bond donors (Lipinski definition) is 3. The Morgan fingerprint density at radius 3 is 2.24 bits per heavy atom. The van der Waals surface area contributed by atoms with Gasteiger partial charge in [-0.15, -0.1) is 0 Å². The van der Waals surface area contributed by atoms with E-state index in [0.717, 1.165) is 0 Å². The first-order valence-electron chi connectivity index (χ1n) is 13.7. The molecule has 0 amide bonds. The minimum Gasteiger partial charge on any atom is -0.481 e. The average Bonchev–Trinajstić information content (AvgIpc) is 2.99. The second kappa shape index (κ2) is 8.65. The van der Waals surface area contributed by atoms with Crippen LogP contribution in [0.25, 0.3) is 0 Å². The molecular weight excluding hydrogens is 488 g/mol. The molecule has 0 aromatic carbocycles. The number of carboxylic acid groups (broad SMARTS) is 1. The summed E-state index contributed by atoms with van der Waals surface area (Å²) in [5.74, 6) is -3.71. The fraction of sp³-hybridized carbons (Fsp3) is 0.767. The predicted octanol–water partition coefficient (Wildman–Crippen LogP) is 3.45. The lowest BCUT2D eigenvalue weighted by atomic mass is 9.42. The third-order valence-electron chi connectivity index (χ3n) is 11.4. The zero-order valence-electron chi connectivity index (χ0n) is 23.6. The number of allylic oxidation sites excluding steroid dienone is 1. The van der Waals surface area contributed by atoms with Gasteiger partial charge in [-0.3, -0.25) is 24.0 Å². The van der Waals surface area contributed by atoms with Crippen LogP contribution in [0.15, 0.2) is 11.1 Å². The van der Waals surface area contributed by atoms with E-state index in [0.29, 0.717) is 24.0 Å². The number of aliphatic hydroxyl groups excluding tert-OH is 1. The van der Waals surface area contributed by atoms with Crippen molar-refractivity contribution in [3.8, 4) is 0 Å². The molecule has 0 bridgehead atoms. The number of aliphatic carboxylic acids is 1. The Labute approximate surface area is 224 Å². The smallest absolute Gasteiger partial charge is 0.306 e. The summed E-state index contributed by atoms with van der Waals surface area (Å²) in [6.07, 6.45) is -0.550. The van der Waals surface area contributed by atoms with Crippen molar-refractivity contribution in [1.29, 1.82) is 0 Å². The number of aliphatic hydroxyl groups is 2. The van der Waals surface area contributed by atoms with Crippen LogP contribution in [-0.2, 0) is 24.0 Å². The summed E-state index contributed by atoms with van der Waals surface area (Å²) in [4.78, 5) is 64.7. The first-order valence-corrected chi connectivity index (χ1v) is 13.7. The van der Waals surface area contributed by atoms with Crippen LogP contribution in [0.3, 0.4) is 0 Å². The number of rotatable bonds is 6. The topological polar surface area (TPSA) is 146 Å². The van der Waals surface area contributed by atoms with Gasteiger partial charge in [0.2, 0.25) is 0 Å². The fourth-order valence-corrected chi connectivity index (χ4v) is 8.97. The maximum Gasteiger partial charge on any atom is 0.306 e. The molecule has 8 heteroatoms. The molecule has 0 spiro atoms. The Morgan fingerprint density at radius 1 is 1.05 bits per heavy atom. The third kappa shape index (κ3) is 3.73. The number of carboxylic acids is 1. The van der Waals surface area contributed by atoms with Crippen LogP contribution in [0.2, 0.25) is 0 Å². The van der Waals surface area contributed by atoms with Crippen molar-refractivity contribution in [3.05, 3.63) is 11.1 Å². The van der Waals surface area contributed by atoms with E-state index >= 15 is 0 Å². The molecule has 4 aliphatic carbocycles. The molecule has 0 heterocycles. The third-order valence-corrected chi connectivity index (χ3v) is 11.4. The SMILES string of the molecule is C[C@H](CC(=O)C[C@](C)(O)[C@H]1C[C@H](O)[C@@]2(C)C3=C(C(=O)C[C@]12C)[C@@]1(C)CCC(=O)C(C)(C)[C@@H]1CC3=O)C(=O)O. The molecule has 8 atom stereocenters. The van der Waals surface area contributed by atoms with Crippen molar-refractivity contribution < 1.29 is 39.3 Å². The van der Waals surface area contributed by atoms with Gasteiger partial charge in [0.25, 0.3) is 0 Å². The lowest BCUT2D eigenvalue weighted by Crippen LogP contribution is -2.60. The number of carbonyl (C=O) groups excluding carboxylic acids is 4. The maximum atomic E-state index is 14.0. The van der Waals surface area contributed by atoms with E-state index in [1.54, 1.807) is 0 Å². The Hall–Kier alpha value is -2.19. The van der Waals surface area contributed by atoms with Crippen molar-refractivity contribution in [2.75, 3.05) is 0 Å². The summed E-state index contributed by atoms with van der Waals surface area (Å²) in [6, 6.07) is 0. The quantitative estimate of drug-likeness (QED) is 0.473. The Morgan fingerprint density at radius 2 is 1.66 bits per heavy atom. The highest BCUT2D eigenvalue weighted by atomic mass is 16.4. The fourth-order valence-electron chi connectivity index (χ4n) is 8.97. The minimum atomic E-state index is -1.62. The highest BCUT2D eigenvalue weighted by molar-refractivity contribution is 6.12. The molecule has 2 saturated carbocycles. The number of ketones is 4. The summed E-state index contributed by atoms with van der Waals surface area (Å²) in [7, 11) is 0. The normalized spacial score (nSPS) is 40.7. The Bertz CT molecular complexity index is 1160. The second-order valence-electron chi connectivity index (χ2n) is 14.0. The molecule has 2 fully saturated rings. The standard InChI is InChI=1S/C30H42O8/c1-15(25(36)37)10-16(31)13-29(6,38)20-12-22(35)30(7)24-17(32)11-19-26(2,3)21(34)8-9-27(19,4)23(24)18(33)14-28(20,30)5/h15,19-20,22,35,38H,8-14H2,1-7H3,(H,36,37)/t15-,19+,20+,22+,27+,28-,29+,30+/m1/s1. The maximum absolute atomic E-state index is 14.0. The second-order valence-corrected chi connectivity index (χ2v) is 14.0. The molecule has 4 rings (SSSR count). The Balaban J connectivity index is 1.79. The monoisotopic (exact) mass is 530 g/mol. The molecule has 0 saturated heterocycles. The number of hydrogen-bond acceptors (Lipinski definition) is 7. The number of carbonyl (C=O) groups is 5. The summed E-state index contributed by atoms with van der Waals surface area (Å²) in [5, 5.41) is 32.4. The van der Waals surface area contributed by atoms with Gasteiger partial charge in [0, 0.05) is 59.5 Å². The van der Waals surface area contributed by atoms with Crippen LogP contribution < -0.4 is 0 Å². The van der Waals surface area contributed by atoms with Gasteiger partial charge in [-0.1, -0.05) is 41.5 Å². The van der Waals surface area contributed by atoms with E-state index in [-0.39, 0.29) is 55.4 Å². The van der Waals surface area contributed by atoms with Gasteiger partial charge in [-0.2, -0.15) is 0 Å². The molecule has 0 aromatic rings. The van der Waals surface area contributed by atoms with E-state index in [1.165, 1.54) is 13.8 Å². The van der Waals surface area contributed by atoms with Crippen molar-refractivity contribution in [2.45, 2.75) is 105 Å². The van der Waals surface area contributed by atoms with E-state index in [1.807, 2.05) is 34.6 Å². The molecule has 0 radical (unpaired) electrons. The molecule has 0 aliphatic heterocycles. The summed E-state index contributed by atoms with van der Waals surface area (Å²) >= 11 is 0. The zero-order valence-corrected chi connectivity index (χ0v) is 23.6. The average molecular weight is 531 g/mol. The molecule has 210 valence electrons. The molecule has 38 heavy (non-hydrogen) atoms. The largest absolute Gasteiger partial charge is 0.481 e. The van der Waals surface area contributed by atoms with Crippen molar-refractivity contribution in [1.82, 2.24) is 0 Å². The summed E-state index contributed by atoms with van der Waals surface area (Å²) in [5.41, 5.74) is -4.39. The molecule has 8 nitrogen and oxygen atoms in total.